The number of likely N-dealkylation sites (N-methyl/N-ethyl adjacent to an activating group) is 1. The van der Waals surface area contributed by atoms with Crippen LogP contribution in [-0.4, -0.2) is 47.8 Å². The van der Waals surface area contributed by atoms with Crippen LogP contribution in [0.1, 0.15) is 12.8 Å². The number of likely N-dealkylation sites (tertiary alicyclic amines) is 1. The lowest BCUT2D eigenvalue weighted by molar-refractivity contribution is 0.193. The molecule has 1 aliphatic rings. The molecule has 0 amide bonds. The Kier molecular flexibility index (Phi) is 5.68. The van der Waals surface area contributed by atoms with Gasteiger partial charge in [-0.3, -0.25) is 9.36 Å². The van der Waals surface area contributed by atoms with Crippen molar-refractivity contribution in [2.24, 2.45) is 0 Å². The summed E-state index contributed by atoms with van der Waals surface area (Å²) in [5.41, 5.74) is 2.40. The zero-order valence-electron chi connectivity index (χ0n) is 18.2. The summed E-state index contributed by atoms with van der Waals surface area (Å²) in [6, 6.07) is 18.0. The number of hydrogen-bond acceptors (Lipinski definition) is 6. The molecule has 0 N–H and O–H groups in total. The minimum absolute atomic E-state index is 0.0921. The third-order valence-electron chi connectivity index (χ3n) is 6.02. The SMILES string of the molecule is COc1cc(-n2cnc3cc(-c4ccccc4)sc3c2=O)ccc1OC[C@H]1CCCN1C. The molecule has 1 saturated heterocycles. The zero-order valence-corrected chi connectivity index (χ0v) is 19.0. The Hall–Kier alpha value is -3.16. The lowest BCUT2D eigenvalue weighted by Crippen LogP contribution is -2.30. The van der Waals surface area contributed by atoms with E-state index >= 15 is 0 Å². The standard InChI is InChI=1S/C25H25N3O3S/c1-27-12-6-9-19(27)15-31-21-11-10-18(13-22(21)30-2)28-16-26-20-14-23(32-24(20)25(28)29)17-7-4-3-5-8-17/h3-5,7-8,10-11,13-14,16,19H,6,9,12,15H2,1-2H3/t19-/m1/s1. The van der Waals surface area contributed by atoms with E-state index in [0.29, 0.717) is 40.1 Å². The van der Waals surface area contributed by atoms with Gasteiger partial charge in [-0.15, -0.1) is 11.3 Å². The number of ether oxygens (including phenoxy) is 2. The van der Waals surface area contributed by atoms with E-state index in [9.17, 15) is 4.79 Å². The van der Waals surface area contributed by atoms with Crippen LogP contribution in [0.2, 0.25) is 0 Å². The first kappa shape index (κ1) is 20.7. The van der Waals surface area contributed by atoms with Crippen molar-refractivity contribution in [3.8, 4) is 27.6 Å². The number of fused-ring (bicyclic) bond motifs is 1. The van der Waals surface area contributed by atoms with E-state index in [1.807, 2.05) is 54.6 Å². The Morgan fingerprint density at radius 3 is 2.72 bits per heavy atom. The summed E-state index contributed by atoms with van der Waals surface area (Å²) < 4.78 is 13.8. The average Bonchev–Trinajstić information content (AvgIpc) is 3.45. The highest BCUT2D eigenvalue weighted by molar-refractivity contribution is 7.22. The fourth-order valence-electron chi connectivity index (χ4n) is 4.14. The average molecular weight is 448 g/mol. The van der Waals surface area contributed by atoms with Crippen molar-refractivity contribution in [3.05, 3.63) is 71.3 Å². The molecule has 0 bridgehead atoms. The van der Waals surface area contributed by atoms with Crippen molar-refractivity contribution >= 4 is 21.6 Å². The molecule has 6 nitrogen and oxygen atoms in total. The third-order valence-corrected chi connectivity index (χ3v) is 7.19. The van der Waals surface area contributed by atoms with Crippen molar-refractivity contribution in [2.75, 3.05) is 27.3 Å². The molecular formula is C25H25N3O3S. The van der Waals surface area contributed by atoms with Crippen LogP contribution in [0.15, 0.2) is 65.7 Å². The van der Waals surface area contributed by atoms with Gasteiger partial charge in [0.05, 0.1) is 18.3 Å². The van der Waals surface area contributed by atoms with Crippen LogP contribution in [0.5, 0.6) is 11.5 Å². The molecule has 0 spiro atoms. The first-order chi connectivity index (χ1) is 15.6. The highest BCUT2D eigenvalue weighted by atomic mass is 32.1. The summed E-state index contributed by atoms with van der Waals surface area (Å²) in [6.45, 7) is 1.73. The fourth-order valence-corrected chi connectivity index (χ4v) is 5.19. The molecule has 4 aromatic rings. The van der Waals surface area contributed by atoms with Gasteiger partial charge in [-0.1, -0.05) is 30.3 Å². The number of nitrogens with zero attached hydrogens (tertiary/aromatic N) is 3. The first-order valence-electron chi connectivity index (χ1n) is 10.7. The van der Waals surface area contributed by atoms with Gasteiger partial charge in [0.1, 0.15) is 17.6 Å². The lowest BCUT2D eigenvalue weighted by atomic mass is 10.2. The fraction of sp³-hybridized carbons (Fsp3) is 0.280. The van der Waals surface area contributed by atoms with E-state index in [1.54, 1.807) is 18.0 Å². The van der Waals surface area contributed by atoms with Crippen molar-refractivity contribution in [3.63, 3.8) is 0 Å². The predicted molar refractivity (Wildman–Crippen MR) is 128 cm³/mol. The van der Waals surface area contributed by atoms with E-state index < -0.39 is 0 Å². The Balaban J connectivity index is 1.45. The van der Waals surface area contributed by atoms with Crippen LogP contribution in [0, 0.1) is 0 Å². The quantitative estimate of drug-likeness (QED) is 0.433. The minimum atomic E-state index is -0.0921. The highest BCUT2D eigenvalue weighted by Crippen LogP contribution is 2.32. The summed E-state index contributed by atoms with van der Waals surface area (Å²) in [6.07, 6.45) is 3.92. The van der Waals surface area contributed by atoms with Gasteiger partial charge >= 0.3 is 0 Å². The maximum absolute atomic E-state index is 13.2. The summed E-state index contributed by atoms with van der Waals surface area (Å²) >= 11 is 1.46. The second kappa shape index (κ2) is 8.76. The van der Waals surface area contributed by atoms with Crippen LogP contribution in [0.4, 0.5) is 0 Å². The Morgan fingerprint density at radius 1 is 1.12 bits per heavy atom. The Labute approximate surface area is 190 Å². The van der Waals surface area contributed by atoms with Gasteiger partial charge < -0.3 is 14.4 Å². The molecule has 1 aliphatic heterocycles. The van der Waals surface area contributed by atoms with Gasteiger partial charge in [0.25, 0.3) is 5.56 Å². The van der Waals surface area contributed by atoms with Gasteiger partial charge in [-0.05, 0) is 50.2 Å². The predicted octanol–water partition coefficient (Wildman–Crippen LogP) is 4.60. The summed E-state index contributed by atoms with van der Waals surface area (Å²) in [4.78, 5) is 21.1. The molecule has 7 heteroatoms. The van der Waals surface area contributed by atoms with Crippen LogP contribution < -0.4 is 15.0 Å². The number of hydrogen-bond donors (Lipinski definition) is 0. The molecule has 0 aliphatic carbocycles. The topological polar surface area (TPSA) is 56.6 Å². The molecule has 0 unspecified atom stereocenters. The van der Waals surface area contributed by atoms with Gasteiger partial charge in [0.2, 0.25) is 0 Å². The number of benzene rings is 2. The van der Waals surface area contributed by atoms with Crippen LogP contribution in [0.3, 0.4) is 0 Å². The summed E-state index contributed by atoms with van der Waals surface area (Å²) in [5.74, 6) is 1.28. The van der Waals surface area contributed by atoms with E-state index in [-0.39, 0.29) is 5.56 Å². The molecule has 1 fully saturated rings. The smallest absolute Gasteiger partial charge is 0.275 e. The minimum Gasteiger partial charge on any atom is -0.493 e. The molecule has 0 saturated carbocycles. The number of rotatable bonds is 6. The second-order valence-electron chi connectivity index (χ2n) is 8.03. The number of methoxy groups -OCH3 is 1. The largest absolute Gasteiger partial charge is 0.493 e. The molecule has 164 valence electrons. The molecule has 5 rings (SSSR count). The van der Waals surface area contributed by atoms with Crippen molar-refractivity contribution in [2.45, 2.75) is 18.9 Å². The van der Waals surface area contributed by atoms with Gasteiger partial charge in [0, 0.05) is 17.0 Å². The monoisotopic (exact) mass is 447 g/mol. The molecule has 32 heavy (non-hydrogen) atoms. The maximum Gasteiger partial charge on any atom is 0.275 e. The maximum atomic E-state index is 13.2. The molecule has 2 aromatic heterocycles. The Morgan fingerprint density at radius 2 is 1.97 bits per heavy atom. The summed E-state index contributed by atoms with van der Waals surface area (Å²) in [5, 5.41) is 0. The zero-order chi connectivity index (χ0) is 22.1. The second-order valence-corrected chi connectivity index (χ2v) is 9.09. The summed E-state index contributed by atoms with van der Waals surface area (Å²) in [7, 11) is 3.74. The van der Waals surface area contributed by atoms with Crippen molar-refractivity contribution in [1.29, 1.82) is 0 Å². The van der Waals surface area contributed by atoms with Gasteiger partial charge in [-0.2, -0.15) is 0 Å². The molecule has 1 atom stereocenters. The van der Waals surface area contributed by atoms with Gasteiger partial charge in [-0.25, -0.2) is 4.98 Å². The van der Waals surface area contributed by atoms with Crippen LogP contribution in [0.25, 0.3) is 26.3 Å². The molecule has 3 heterocycles. The molecular weight excluding hydrogens is 422 g/mol. The van der Waals surface area contributed by atoms with E-state index in [0.717, 1.165) is 23.4 Å². The van der Waals surface area contributed by atoms with E-state index in [4.69, 9.17) is 9.47 Å². The molecule has 2 aromatic carbocycles. The Bertz CT molecular complexity index is 1300. The van der Waals surface area contributed by atoms with Crippen LogP contribution in [-0.2, 0) is 0 Å². The highest BCUT2D eigenvalue weighted by Gasteiger charge is 2.22. The normalized spacial score (nSPS) is 16.5. The first-order valence-corrected chi connectivity index (χ1v) is 11.5. The number of aromatic nitrogens is 2. The van der Waals surface area contributed by atoms with Crippen molar-refractivity contribution in [1.82, 2.24) is 14.5 Å². The van der Waals surface area contributed by atoms with Crippen LogP contribution >= 0.6 is 11.3 Å². The van der Waals surface area contributed by atoms with Gasteiger partial charge in [0.15, 0.2) is 11.5 Å². The third kappa shape index (κ3) is 3.89. The number of thiophene rings is 1. The van der Waals surface area contributed by atoms with E-state index in [2.05, 4.69) is 16.9 Å². The van der Waals surface area contributed by atoms with Crippen molar-refractivity contribution < 1.29 is 9.47 Å². The lowest BCUT2D eigenvalue weighted by Gasteiger charge is -2.20. The van der Waals surface area contributed by atoms with E-state index in [1.165, 1.54) is 17.8 Å². The molecule has 0 radical (unpaired) electrons.